The van der Waals surface area contributed by atoms with Gasteiger partial charge in [0.25, 0.3) is 5.91 Å². The van der Waals surface area contributed by atoms with Crippen molar-refractivity contribution in [2.24, 2.45) is 5.41 Å². The zero-order valence-corrected chi connectivity index (χ0v) is 15.3. The topological polar surface area (TPSA) is 58.2 Å². The predicted molar refractivity (Wildman–Crippen MR) is 102 cm³/mol. The molecule has 4 nitrogen and oxygen atoms in total. The molecule has 1 aliphatic rings. The van der Waals surface area contributed by atoms with Crippen molar-refractivity contribution < 1.29 is 9.59 Å². The molecule has 130 valence electrons. The number of rotatable bonds is 3. The lowest BCUT2D eigenvalue weighted by Crippen LogP contribution is -2.15. The molecular formula is C20H21ClN2O2. The molecule has 0 atom stereocenters. The van der Waals surface area contributed by atoms with Gasteiger partial charge in [-0.3, -0.25) is 9.59 Å². The molecule has 0 saturated heterocycles. The van der Waals surface area contributed by atoms with Gasteiger partial charge in [-0.1, -0.05) is 38.4 Å². The minimum Gasteiger partial charge on any atom is -0.353 e. The van der Waals surface area contributed by atoms with Crippen molar-refractivity contribution in [3.8, 4) is 0 Å². The van der Waals surface area contributed by atoms with Crippen LogP contribution in [-0.2, 0) is 11.2 Å². The lowest BCUT2D eigenvalue weighted by atomic mass is 9.88. The molecule has 0 unspecified atom stereocenters. The predicted octanol–water partition coefficient (Wildman–Crippen LogP) is 5.20. The Morgan fingerprint density at radius 1 is 1.00 bits per heavy atom. The molecule has 2 aromatic rings. The fraction of sp³-hybridized carbons (Fsp3) is 0.300. The number of anilines is 3. The second kappa shape index (κ2) is 6.52. The highest BCUT2D eigenvalue weighted by Crippen LogP contribution is 2.34. The van der Waals surface area contributed by atoms with E-state index in [4.69, 9.17) is 11.6 Å². The van der Waals surface area contributed by atoms with Crippen LogP contribution in [0.15, 0.2) is 36.4 Å². The molecule has 25 heavy (non-hydrogen) atoms. The third kappa shape index (κ3) is 4.20. The number of Topliss-reactive ketones (excluding diaryl/α,β-unsaturated/α-hetero) is 1. The Balaban J connectivity index is 1.86. The van der Waals surface area contributed by atoms with Crippen LogP contribution in [0.3, 0.4) is 0 Å². The van der Waals surface area contributed by atoms with Gasteiger partial charge >= 0.3 is 0 Å². The van der Waals surface area contributed by atoms with Crippen molar-refractivity contribution in [1.82, 2.24) is 0 Å². The van der Waals surface area contributed by atoms with Crippen molar-refractivity contribution in [2.75, 3.05) is 10.6 Å². The average molecular weight is 357 g/mol. The van der Waals surface area contributed by atoms with E-state index < -0.39 is 0 Å². The van der Waals surface area contributed by atoms with Crippen molar-refractivity contribution in [3.63, 3.8) is 0 Å². The maximum atomic E-state index is 12.4. The van der Waals surface area contributed by atoms with E-state index in [0.717, 1.165) is 11.3 Å². The maximum Gasteiger partial charge on any atom is 0.257 e. The Morgan fingerprint density at radius 3 is 2.48 bits per heavy atom. The molecule has 2 aromatic carbocycles. The second-order valence-electron chi connectivity index (χ2n) is 7.60. The van der Waals surface area contributed by atoms with Gasteiger partial charge < -0.3 is 10.6 Å². The number of ketones is 1. The Bertz CT molecular complexity index is 853. The van der Waals surface area contributed by atoms with Gasteiger partial charge in [-0.2, -0.15) is 0 Å². The van der Waals surface area contributed by atoms with Gasteiger partial charge in [-0.15, -0.1) is 0 Å². The van der Waals surface area contributed by atoms with E-state index in [0.29, 0.717) is 34.8 Å². The molecule has 0 fully saturated rings. The van der Waals surface area contributed by atoms with Crippen LogP contribution in [0.5, 0.6) is 0 Å². The van der Waals surface area contributed by atoms with Gasteiger partial charge in [0.05, 0.1) is 22.6 Å². The number of carbonyl (C=O) groups excluding carboxylic acids is 2. The van der Waals surface area contributed by atoms with Gasteiger partial charge in [-0.05, 0) is 41.3 Å². The summed E-state index contributed by atoms with van der Waals surface area (Å²) in [5.74, 6) is -0.00786. The molecule has 0 aromatic heterocycles. The van der Waals surface area contributed by atoms with Gasteiger partial charge in [-0.25, -0.2) is 0 Å². The quantitative estimate of drug-likeness (QED) is 0.794. The van der Waals surface area contributed by atoms with Crippen LogP contribution in [0.4, 0.5) is 17.1 Å². The SMILES string of the molecule is CC(C)(C)CC(=O)Cc1ccc2c(c1)NC(=O)c1ccc(Cl)cc1N2. The Kier molecular flexibility index (Phi) is 4.56. The average Bonchev–Trinajstić information content (AvgIpc) is 2.60. The monoisotopic (exact) mass is 356 g/mol. The van der Waals surface area contributed by atoms with E-state index in [9.17, 15) is 9.59 Å². The molecule has 1 aliphatic heterocycles. The van der Waals surface area contributed by atoms with E-state index >= 15 is 0 Å². The number of hydrogen-bond donors (Lipinski definition) is 2. The molecule has 3 rings (SSSR count). The normalized spacial score (nSPS) is 13.2. The Hall–Kier alpha value is -2.33. The lowest BCUT2D eigenvalue weighted by Gasteiger charge is -2.17. The van der Waals surface area contributed by atoms with Crippen LogP contribution >= 0.6 is 11.6 Å². The van der Waals surface area contributed by atoms with Gasteiger partial charge in [0.2, 0.25) is 0 Å². The fourth-order valence-corrected chi connectivity index (χ4v) is 3.12. The van der Waals surface area contributed by atoms with E-state index in [1.54, 1.807) is 18.2 Å². The van der Waals surface area contributed by atoms with E-state index in [-0.39, 0.29) is 17.1 Å². The first-order chi connectivity index (χ1) is 11.7. The summed E-state index contributed by atoms with van der Waals surface area (Å²) >= 11 is 6.03. The Labute approximate surface area is 152 Å². The molecule has 1 heterocycles. The molecule has 0 saturated carbocycles. The molecule has 1 amide bonds. The number of nitrogens with one attached hydrogen (secondary N) is 2. The molecule has 5 heteroatoms. The Morgan fingerprint density at radius 2 is 1.76 bits per heavy atom. The zero-order chi connectivity index (χ0) is 18.2. The van der Waals surface area contributed by atoms with Gasteiger partial charge in [0, 0.05) is 17.9 Å². The maximum absolute atomic E-state index is 12.4. The van der Waals surface area contributed by atoms with Crippen LogP contribution in [0.2, 0.25) is 5.02 Å². The van der Waals surface area contributed by atoms with Crippen LogP contribution in [0, 0.1) is 5.41 Å². The van der Waals surface area contributed by atoms with Crippen molar-refractivity contribution >= 4 is 40.4 Å². The summed E-state index contributed by atoms with van der Waals surface area (Å²) < 4.78 is 0. The smallest absolute Gasteiger partial charge is 0.257 e. The van der Waals surface area contributed by atoms with Crippen molar-refractivity contribution in [3.05, 3.63) is 52.5 Å². The number of fused-ring (bicyclic) bond motifs is 2. The highest BCUT2D eigenvalue weighted by atomic mass is 35.5. The van der Waals surface area contributed by atoms with E-state index in [1.165, 1.54) is 0 Å². The number of amides is 1. The first-order valence-electron chi connectivity index (χ1n) is 8.24. The van der Waals surface area contributed by atoms with Crippen LogP contribution in [0.1, 0.15) is 43.1 Å². The third-order valence-electron chi connectivity index (χ3n) is 3.96. The largest absolute Gasteiger partial charge is 0.353 e. The molecular weight excluding hydrogens is 336 g/mol. The van der Waals surface area contributed by atoms with Crippen molar-refractivity contribution in [1.29, 1.82) is 0 Å². The summed E-state index contributed by atoms with van der Waals surface area (Å²) in [4.78, 5) is 24.7. The zero-order valence-electron chi connectivity index (χ0n) is 14.6. The highest BCUT2D eigenvalue weighted by molar-refractivity contribution is 6.31. The number of benzene rings is 2. The number of carbonyl (C=O) groups is 2. The van der Waals surface area contributed by atoms with E-state index in [1.807, 2.05) is 18.2 Å². The minimum absolute atomic E-state index is 0.0283. The first-order valence-corrected chi connectivity index (χ1v) is 8.62. The van der Waals surface area contributed by atoms with Crippen LogP contribution in [-0.4, -0.2) is 11.7 Å². The van der Waals surface area contributed by atoms with Crippen LogP contribution < -0.4 is 10.6 Å². The summed E-state index contributed by atoms with van der Waals surface area (Å²) in [5, 5.41) is 6.71. The fourth-order valence-electron chi connectivity index (χ4n) is 2.95. The molecule has 0 aliphatic carbocycles. The first kappa shape index (κ1) is 17.5. The summed E-state index contributed by atoms with van der Waals surface area (Å²) in [5.41, 5.74) is 3.50. The minimum atomic E-state index is -0.198. The summed E-state index contributed by atoms with van der Waals surface area (Å²) in [7, 11) is 0. The highest BCUT2D eigenvalue weighted by Gasteiger charge is 2.20. The number of hydrogen-bond acceptors (Lipinski definition) is 3. The molecule has 0 radical (unpaired) electrons. The molecule has 0 spiro atoms. The lowest BCUT2D eigenvalue weighted by molar-refractivity contribution is -0.120. The van der Waals surface area contributed by atoms with Crippen molar-refractivity contribution in [2.45, 2.75) is 33.6 Å². The summed E-state index contributed by atoms with van der Waals surface area (Å²) in [6.45, 7) is 6.15. The standard InChI is InChI=1S/C20H21ClN2O2/c1-20(2,3)11-14(24)8-12-4-7-16-18(9-12)23-19(25)15-6-5-13(21)10-17(15)22-16/h4-7,9-10,22H,8,11H2,1-3H3,(H,23,25). The molecule has 2 N–H and O–H groups in total. The van der Waals surface area contributed by atoms with Gasteiger partial charge in [0.15, 0.2) is 0 Å². The summed E-state index contributed by atoms with van der Waals surface area (Å²) in [6.07, 6.45) is 0.887. The second-order valence-corrected chi connectivity index (χ2v) is 8.04. The van der Waals surface area contributed by atoms with E-state index in [2.05, 4.69) is 31.4 Å². The third-order valence-corrected chi connectivity index (χ3v) is 4.19. The number of halogens is 1. The van der Waals surface area contributed by atoms with Crippen LogP contribution in [0.25, 0.3) is 0 Å². The van der Waals surface area contributed by atoms with Gasteiger partial charge in [0.1, 0.15) is 5.78 Å². The summed E-state index contributed by atoms with van der Waals surface area (Å²) in [6, 6.07) is 10.8. The molecule has 0 bridgehead atoms.